The molecule has 1 fully saturated rings. The number of anilines is 4. The molecular weight excluding hydrogens is 484 g/mol. The van der Waals surface area contributed by atoms with Gasteiger partial charge in [-0.05, 0) is 50.5 Å². The van der Waals surface area contributed by atoms with E-state index >= 15 is 0 Å². The third-order valence-corrected chi connectivity index (χ3v) is 8.22. The van der Waals surface area contributed by atoms with Crippen LogP contribution in [0.3, 0.4) is 0 Å². The summed E-state index contributed by atoms with van der Waals surface area (Å²) in [6, 6.07) is 5.37. The average Bonchev–Trinajstić information content (AvgIpc) is 3.39. The van der Waals surface area contributed by atoms with E-state index in [0.29, 0.717) is 27.8 Å². The average molecular weight is 511 g/mol. The lowest BCUT2D eigenvalue weighted by Crippen LogP contribution is -2.34. The van der Waals surface area contributed by atoms with Crippen LogP contribution in [-0.2, 0) is 4.79 Å². The van der Waals surface area contributed by atoms with Crippen LogP contribution in [-0.4, -0.2) is 48.4 Å². The topological polar surface area (TPSA) is 115 Å². The van der Waals surface area contributed by atoms with Crippen LogP contribution in [0.1, 0.15) is 46.2 Å². The number of hydrogen-bond acceptors (Lipinski definition) is 8. The van der Waals surface area contributed by atoms with Gasteiger partial charge in [0.15, 0.2) is 10.9 Å². The molecule has 3 aromatic rings. The molecule has 3 amide bonds. The molecule has 1 atom stereocenters. The highest BCUT2D eigenvalue weighted by Gasteiger charge is 2.25. The molecule has 0 bridgehead atoms. The van der Waals surface area contributed by atoms with Gasteiger partial charge >= 0.3 is 0 Å². The lowest BCUT2D eigenvalue weighted by atomic mass is 10.1. The van der Waals surface area contributed by atoms with Crippen LogP contribution in [0, 0.1) is 0 Å². The quantitative estimate of drug-likeness (QED) is 0.381. The predicted octanol–water partition coefficient (Wildman–Crippen LogP) is 4.27. The normalized spacial score (nSPS) is 17.7. The molecule has 2 aromatic heterocycles. The number of benzene rings is 1. The molecule has 4 heterocycles. The summed E-state index contributed by atoms with van der Waals surface area (Å²) in [6.07, 6.45) is 4.55. The van der Waals surface area contributed by atoms with Gasteiger partial charge < -0.3 is 26.2 Å². The smallest absolute Gasteiger partial charge is 0.263 e. The van der Waals surface area contributed by atoms with Gasteiger partial charge in [0.2, 0.25) is 5.91 Å². The maximum atomic E-state index is 13.2. The monoisotopic (exact) mass is 510 g/mol. The Morgan fingerprint density at radius 1 is 1.20 bits per heavy atom. The Hall–Kier alpha value is -3.44. The van der Waals surface area contributed by atoms with Gasteiger partial charge in [-0.25, -0.2) is 4.98 Å². The van der Waals surface area contributed by atoms with Crippen molar-refractivity contribution in [3.05, 3.63) is 41.3 Å². The highest BCUT2D eigenvalue weighted by atomic mass is 32.1. The second-order valence-corrected chi connectivity index (χ2v) is 10.7. The minimum absolute atomic E-state index is 0.00611. The van der Waals surface area contributed by atoms with E-state index in [9.17, 15) is 14.4 Å². The first kappa shape index (κ1) is 23.3. The van der Waals surface area contributed by atoms with Gasteiger partial charge in [-0.3, -0.25) is 14.4 Å². The number of carbonyl (C=O) groups is 3. The van der Waals surface area contributed by atoms with Crippen LogP contribution >= 0.6 is 22.7 Å². The van der Waals surface area contributed by atoms with E-state index in [2.05, 4.69) is 37.7 Å². The molecular formula is C24H26N6O3S2. The first-order valence-electron chi connectivity index (χ1n) is 11.5. The van der Waals surface area contributed by atoms with Gasteiger partial charge in [0.05, 0.1) is 5.69 Å². The largest absolute Gasteiger partial charge is 0.381 e. The first-order chi connectivity index (χ1) is 16.9. The van der Waals surface area contributed by atoms with E-state index < -0.39 is 0 Å². The van der Waals surface area contributed by atoms with E-state index in [-0.39, 0.29) is 23.8 Å². The Bertz CT molecular complexity index is 1320. The van der Waals surface area contributed by atoms with Crippen LogP contribution in [0.2, 0.25) is 0 Å². The summed E-state index contributed by atoms with van der Waals surface area (Å²) in [5.74, 6) is -0.510. The number of fused-ring (bicyclic) bond motifs is 3. The third-order valence-electron chi connectivity index (χ3n) is 6.02. The van der Waals surface area contributed by atoms with E-state index in [0.717, 1.165) is 46.8 Å². The zero-order chi connectivity index (χ0) is 24.5. The number of carbonyl (C=O) groups excluding carboxylic acids is 3. The lowest BCUT2D eigenvalue weighted by molar-refractivity contribution is -0.111. The van der Waals surface area contributed by atoms with Crippen LogP contribution in [0.5, 0.6) is 0 Å². The third kappa shape index (κ3) is 4.73. The van der Waals surface area contributed by atoms with Crippen LogP contribution in [0.15, 0.2) is 30.9 Å². The van der Waals surface area contributed by atoms with Gasteiger partial charge in [0.1, 0.15) is 9.88 Å². The fourth-order valence-electron chi connectivity index (χ4n) is 4.21. The van der Waals surface area contributed by atoms with Crippen molar-refractivity contribution in [1.82, 2.24) is 10.3 Å². The maximum Gasteiger partial charge on any atom is 0.263 e. The molecule has 11 heteroatoms. The van der Waals surface area contributed by atoms with Crippen molar-refractivity contribution in [2.45, 2.75) is 32.2 Å². The van der Waals surface area contributed by atoms with Crippen molar-refractivity contribution in [3.8, 4) is 0 Å². The number of nitrogens with one attached hydrogen (secondary N) is 4. The number of thiazole rings is 1. The Kier molecular flexibility index (Phi) is 6.44. The molecule has 0 spiro atoms. The summed E-state index contributed by atoms with van der Waals surface area (Å²) < 4.78 is 0.920. The molecule has 2 aliphatic rings. The summed E-state index contributed by atoms with van der Waals surface area (Å²) in [7, 11) is 0. The van der Waals surface area contributed by atoms with Gasteiger partial charge in [-0.1, -0.05) is 17.9 Å². The molecule has 0 aliphatic carbocycles. The van der Waals surface area contributed by atoms with Crippen molar-refractivity contribution in [1.29, 1.82) is 0 Å². The Morgan fingerprint density at radius 3 is 2.77 bits per heavy atom. The Balaban J connectivity index is 1.44. The number of nitrogens with zero attached hydrogens (tertiary/aromatic N) is 2. The van der Waals surface area contributed by atoms with E-state index in [1.807, 2.05) is 13.0 Å². The van der Waals surface area contributed by atoms with Gasteiger partial charge in [-0.15, -0.1) is 11.3 Å². The van der Waals surface area contributed by atoms with E-state index in [1.165, 1.54) is 35.2 Å². The van der Waals surface area contributed by atoms with Crippen molar-refractivity contribution in [2.75, 3.05) is 40.5 Å². The molecule has 0 unspecified atom stereocenters. The highest BCUT2D eigenvalue weighted by Crippen LogP contribution is 2.39. The summed E-state index contributed by atoms with van der Waals surface area (Å²) in [5, 5.41) is 14.0. The number of rotatable bonds is 5. The van der Waals surface area contributed by atoms with Gasteiger partial charge in [0.25, 0.3) is 11.8 Å². The van der Waals surface area contributed by atoms with Crippen molar-refractivity contribution < 1.29 is 14.4 Å². The molecule has 5 rings (SSSR count). The molecule has 1 aromatic carbocycles. The van der Waals surface area contributed by atoms with Crippen LogP contribution in [0.4, 0.5) is 21.6 Å². The zero-order valence-electron chi connectivity index (χ0n) is 19.3. The fourth-order valence-corrected chi connectivity index (χ4v) is 6.25. The van der Waals surface area contributed by atoms with Crippen molar-refractivity contribution in [3.63, 3.8) is 0 Å². The second-order valence-electron chi connectivity index (χ2n) is 8.64. The number of piperidine rings is 1. The van der Waals surface area contributed by atoms with Crippen LogP contribution < -0.4 is 26.2 Å². The van der Waals surface area contributed by atoms with E-state index in [4.69, 9.17) is 0 Å². The van der Waals surface area contributed by atoms with Crippen molar-refractivity contribution >= 4 is 72.1 Å². The SMILES string of the molecule is C=CC(=O)Nc1sc(N2CCCCC2)nc1NC(=O)c1ccc2sc3c(c2c1)NC[C@@H](C)NC3=O. The minimum atomic E-state index is -0.365. The number of thiophene rings is 1. The lowest BCUT2D eigenvalue weighted by Gasteiger charge is -2.25. The Labute approximate surface area is 210 Å². The summed E-state index contributed by atoms with van der Waals surface area (Å²) >= 11 is 2.74. The molecule has 4 N–H and O–H groups in total. The Morgan fingerprint density at radius 2 is 2.00 bits per heavy atom. The molecule has 1 saturated heterocycles. The standard InChI is InChI=1S/C24H26N6O3S2/c1-3-17(31)27-23-20(29-24(35-23)30-9-5-4-6-10-30)28-21(32)14-7-8-16-15(11-14)18-19(34-16)22(33)26-13(2)12-25-18/h3,7-8,11,13,25H,1,4-6,9-10,12H2,2H3,(H,26,33)(H,27,31)(H,28,32)/t13-/m1/s1. The first-order valence-corrected chi connectivity index (χ1v) is 13.2. The molecule has 0 saturated carbocycles. The summed E-state index contributed by atoms with van der Waals surface area (Å²) in [4.78, 5) is 45.2. The number of hydrogen-bond donors (Lipinski definition) is 4. The summed E-state index contributed by atoms with van der Waals surface area (Å²) in [6.45, 7) is 7.85. The zero-order valence-corrected chi connectivity index (χ0v) is 20.9. The highest BCUT2D eigenvalue weighted by molar-refractivity contribution is 7.21. The van der Waals surface area contributed by atoms with Gasteiger partial charge in [-0.2, -0.15) is 0 Å². The van der Waals surface area contributed by atoms with Gasteiger partial charge in [0, 0.05) is 41.3 Å². The second kappa shape index (κ2) is 9.67. The molecule has 0 radical (unpaired) electrons. The molecule has 35 heavy (non-hydrogen) atoms. The number of amides is 3. The summed E-state index contributed by atoms with van der Waals surface area (Å²) in [5.41, 5.74) is 1.19. The fraction of sp³-hybridized carbons (Fsp3) is 0.333. The van der Waals surface area contributed by atoms with Crippen molar-refractivity contribution in [2.24, 2.45) is 0 Å². The van der Waals surface area contributed by atoms with E-state index in [1.54, 1.807) is 12.1 Å². The molecule has 2 aliphatic heterocycles. The minimum Gasteiger partial charge on any atom is -0.381 e. The number of aromatic nitrogens is 1. The predicted molar refractivity (Wildman–Crippen MR) is 142 cm³/mol. The maximum absolute atomic E-state index is 13.2. The molecule has 182 valence electrons. The molecule has 9 nitrogen and oxygen atoms in total. The van der Waals surface area contributed by atoms with Crippen LogP contribution in [0.25, 0.3) is 10.1 Å².